The Bertz CT molecular complexity index is 608. The Balaban J connectivity index is 2.36. The summed E-state index contributed by atoms with van der Waals surface area (Å²) >= 11 is 3.07. The number of hydrogen-bond donors (Lipinski definition) is 1. The SMILES string of the molecule is Cn1nnc(Br)c1S(=O)(=O)N1CCC(C)(C(N)=O)C1. The first kappa shape index (κ1) is 14.4. The van der Waals surface area contributed by atoms with Crippen molar-refractivity contribution >= 4 is 31.9 Å². The average molecular weight is 352 g/mol. The number of nitrogens with zero attached hydrogens (tertiary/aromatic N) is 4. The fourth-order valence-corrected chi connectivity index (χ4v) is 4.64. The summed E-state index contributed by atoms with van der Waals surface area (Å²) in [4.78, 5) is 11.4. The second-order valence-corrected chi connectivity index (χ2v) is 7.43. The summed E-state index contributed by atoms with van der Waals surface area (Å²) < 4.78 is 27.6. The fraction of sp³-hybridized carbons (Fsp3) is 0.667. The van der Waals surface area contributed by atoms with E-state index in [1.807, 2.05) is 0 Å². The minimum Gasteiger partial charge on any atom is -0.369 e. The molecule has 1 amide bonds. The molecule has 0 radical (unpaired) electrons. The van der Waals surface area contributed by atoms with E-state index in [2.05, 4.69) is 26.2 Å². The molecule has 0 aromatic carbocycles. The highest BCUT2D eigenvalue weighted by Crippen LogP contribution is 2.34. The monoisotopic (exact) mass is 351 g/mol. The van der Waals surface area contributed by atoms with Crippen molar-refractivity contribution in [3.8, 4) is 0 Å². The van der Waals surface area contributed by atoms with Crippen LogP contribution in [0.2, 0.25) is 0 Å². The van der Waals surface area contributed by atoms with E-state index in [-0.39, 0.29) is 22.7 Å². The normalized spacial score (nSPS) is 24.8. The van der Waals surface area contributed by atoms with Gasteiger partial charge in [-0.05, 0) is 29.3 Å². The molecule has 1 saturated heterocycles. The molecule has 8 nitrogen and oxygen atoms in total. The summed E-state index contributed by atoms with van der Waals surface area (Å²) in [6.07, 6.45) is 0.407. The Morgan fingerprint density at radius 2 is 2.16 bits per heavy atom. The van der Waals surface area contributed by atoms with Crippen LogP contribution in [0, 0.1) is 5.41 Å². The fourth-order valence-electron chi connectivity index (χ4n) is 2.04. The second kappa shape index (κ2) is 4.53. The predicted octanol–water partition coefficient (Wildman–Crippen LogP) is -0.536. The lowest BCUT2D eigenvalue weighted by molar-refractivity contribution is -0.126. The molecule has 0 bridgehead atoms. The lowest BCUT2D eigenvalue weighted by Crippen LogP contribution is -2.39. The minimum absolute atomic E-state index is 0.0266. The van der Waals surface area contributed by atoms with Crippen molar-refractivity contribution < 1.29 is 13.2 Å². The Morgan fingerprint density at radius 1 is 1.53 bits per heavy atom. The number of amides is 1. The molecule has 10 heteroatoms. The standard InChI is InChI=1S/C9H14BrN5O3S/c1-9(8(11)16)3-4-15(5-9)19(17,18)7-6(10)12-13-14(7)2/h3-5H2,1-2H3,(H2,11,16). The highest BCUT2D eigenvalue weighted by Gasteiger charge is 2.45. The Morgan fingerprint density at radius 3 is 2.58 bits per heavy atom. The molecule has 0 aliphatic carbocycles. The van der Waals surface area contributed by atoms with Crippen LogP contribution in [0.15, 0.2) is 9.63 Å². The minimum atomic E-state index is -3.74. The molecule has 1 unspecified atom stereocenters. The van der Waals surface area contributed by atoms with Crippen LogP contribution < -0.4 is 5.73 Å². The summed E-state index contributed by atoms with van der Waals surface area (Å²) in [7, 11) is -2.25. The molecule has 106 valence electrons. The van der Waals surface area contributed by atoms with Gasteiger partial charge in [0.05, 0.1) is 5.41 Å². The molecule has 1 atom stereocenters. The number of rotatable bonds is 3. The molecule has 2 rings (SSSR count). The number of aromatic nitrogens is 3. The number of halogens is 1. The first-order valence-corrected chi connectivity index (χ1v) is 7.77. The first-order chi connectivity index (χ1) is 8.68. The predicted molar refractivity (Wildman–Crippen MR) is 69.4 cm³/mol. The van der Waals surface area contributed by atoms with E-state index < -0.39 is 21.3 Å². The molecule has 0 spiro atoms. The maximum Gasteiger partial charge on any atom is 0.263 e. The van der Waals surface area contributed by atoms with Gasteiger partial charge in [-0.1, -0.05) is 5.21 Å². The summed E-state index contributed by atoms with van der Waals surface area (Å²) in [6.45, 7) is 1.99. The van der Waals surface area contributed by atoms with E-state index in [0.29, 0.717) is 6.42 Å². The molecular formula is C9H14BrN5O3S. The number of carbonyl (C=O) groups is 1. The molecular weight excluding hydrogens is 338 g/mol. The number of nitrogens with two attached hydrogens (primary N) is 1. The van der Waals surface area contributed by atoms with Crippen molar-refractivity contribution in [2.75, 3.05) is 13.1 Å². The van der Waals surface area contributed by atoms with E-state index in [9.17, 15) is 13.2 Å². The third kappa shape index (κ3) is 2.28. The molecule has 1 aromatic rings. The number of primary amides is 1. The smallest absolute Gasteiger partial charge is 0.263 e. The van der Waals surface area contributed by atoms with Gasteiger partial charge in [-0.3, -0.25) is 4.79 Å². The van der Waals surface area contributed by atoms with E-state index >= 15 is 0 Å². The van der Waals surface area contributed by atoms with Gasteiger partial charge in [0.2, 0.25) is 10.9 Å². The van der Waals surface area contributed by atoms with Crippen molar-refractivity contribution in [3.63, 3.8) is 0 Å². The van der Waals surface area contributed by atoms with Crippen LogP contribution >= 0.6 is 15.9 Å². The molecule has 19 heavy (non-hydrogen) atoms. The third-order valence-corrected chi connectivity index (χ3v) is 6.09. The van der Waals surface area contributed by atoms with Crippen molar-refractivity contribution in [1.82, 2.24) is 19.3 Å². The van der Waals surface area contributed by atoms with Crippen molar-refractivity contribution in [2.24, 2.45) is 18.2 Å². The van der Waals surface area contributed by atoms with Crippen LogP contribution in [0.25, 0.3) is 0 Å². The Hall–Kier alpha value is -1.00. The zero-order valence-electron chi connectivity index (χ0n) is 10.5. The van der Waals surface area contributed by atoms with Crippen molar-refractivity contribution in [3.05, 3.63) is 4.60 Å². The van der Waals surface area contributed by atoms with Crippen LogP contribution in [0.4, 0.5) is 0 Å². The molecule has 1 aliphatic rings. The second-order valence-electron chi connectivity index (χ2n) is 4.82. The molecule has 1 fully saturated rings. The topological polar surface area (TPSA) is 111 Å². The van der Waals surface area contributed by atoms with Gasteiger partial charge in [-0.2, -0.15) is 4.31 Å². The Labute approximate surface area is 119 Å². The van der Waals surface area contributed by atoms with E-state index in [0.717, 1.165) is 0 Å². The van der Waals surface area contributed by atoms with Crippen molar-refractivity contribution in [1.29, 1.82) is 0 Å². The summed E-state index contributed by atoms with van der Waals surface area (Å²) in [6, 6.07) is 0. The molecule has 2 heterocycles. The van der Waals surface area contributed by atoms with Crippen LogP contribution in [-0.2, 0) is 21.9 Å². The average Bonchev–Trinajstić information content (AvgIpc) is 2.84. The molecule has 1 aromatic heterocycles. The number of hydrogen-bond acceptors (Lipinski definition) is 5. The number of aryl methyl sites for hydroxylation is 1. The van der Waals surface area contributed by atoms with Crippen LogP contribution in [0.3, 0.4) is 0 Å². The summed E-state index contributed by atoms with van der Waals surface area (Å²) in [5, 5.41) is 7.28. The number of carbonyl (C=O) groups excluding carboxylic acids is 1. The van der Waals surface area contributed by atoms with E-state index in [1.54, 1.807) is 6.92 Å². The zero-order chi connectivity index (χ0) is 14.4. The van der Waals surface area contributed by atoms with Gasteiger partial charge < -0.3 is 5.73 Å². The molecule has 1 aliphatic heterocycles. The first-order valence-electron chi connectivity index (χ1n) is 5.54. The van der Waals surface area contributed by atoms with Gasteiger partial charge >= 0.3 is 0 Å². The third-order valence-electron chi connectivity index (χ3n) is 3.35. The van der Waals surface area contributed by atoms with Crippen LogP contribution in [0.1, 0.15) is 13.3 Å². The number of sulfonamides is 1. The summed E-state index contributed by atoms with van der Waals surface area (Å²) in [5.74, 6) is -0.493. The van der Waals surface area contributed by atoms with E-state index in [4.69, 9.17) is 5.73 Å². The molecule has 2 N–H and O–H groups in total. The van der Waals surface area contributed by atoms with E-state index in [1.165, 1.54) is 16.0 Å². The lowest BCUT2D eigenvalue weighted by Gasteiger charge is -2.20. The largest absolute Gasteiger partial charge is 0.369 e. The maximum atomic E-state index is 12.5. The quantitative estimate of drug-likeness (QED) is 0.786. The zero-order valence-corrected chi connectivity index (χ0v) is 12.9. The van der Waals surface area contributed by atoms with Crippen molar-refractivity contribution in [2.45, 2.75) is 18.4 Å². The van der Waals surface area contributed by atoms with Crippen LogP contribution in [-0.4, -0.2) is 46.7 Å². The van der Waals surface area contributed by atoms with Gasteiger partial charge in [-0.15, -0.1) is 5.10 Å². The van der Waals surface area contributed by atoms with Gasteiger partial charge in [0.15, 0.2) is 4.60 Å². The lowest BCUT2D eigenvalue weighted by atomic mass is 9.89. The molecule has 0 saturated carbocycles. The summed E-state index contributed by atoms with van der Waals surface area (Å²) in [5.41, 5.74) is 4.49. The van der Waals surface area contributed by atoms with Gasteiger partial charge in [-0.25, -0.2) is 13.1 Å². The highest BCUT2D eigenvalue weighted by molar-refractivity contribution is 9.10. The highest BCUT2D eigenvalue weighted by atomic mass is 79.9. The van der Waals surface area contributed by atoms with Gasteiger partial charge in [0, 0.05) is 20.1 Å². The van der Waals surface area contributed by atoms with Gasteiger partial charge in [0.1, 0.15) is 0 Å². The van der Waals surface area contributed by atoms with Crippen LogP contribution in [0.5, 0.6) is 0 Å². The van der Waals surface area contributed by atoms with Gasteiger partial charge in [0.25, 0.3) is 10.0 Å². The Kier molecular flexibility index (Phi) is 3.43. The maximum absolute atomic E-state index is 12.5.